The van der Waals surface area contributed by atoms with Gasteiger partial charge in [0.15, 0.2) is 0 Å². The first-order valence-corrected chi connectivity index (χ1v) is 4.65. The predicted molar refractivity (Wildman–Crippen MR) is 49.3 cm³/mol. The van der Waals surface area contributed by atoms with Crippen molar-refractivity contribution in [1.29, 1.82) is 0 Å². The Kier molecular flexibility index (Phi) is 3.42. The average Bonchev–Trinajstić information content (AvgIpc) is 2.06. The zero-order valence-electron chi connectivity index (χ0n) is 6.50. The number of hydrazine groups is 1. The van der Waals surface area contributed by atoms with Gasteiger partial charge in [-0.3, -0.25) is 11.3 Å². The molecule has 0 radical (unpaired) electrons. The van der Waals surface area contributed by atoms with E-state index in [1.54, 1.807) is 11.8 Å². The molecule has 0 spiro atoms. The van der Waals surface area contributed by atoms with Crippen molar-refractivity contribution in [1.82, 2.24) is 5.43 Å². The van der Waals surface area contributed by atoms with Crippen LogP contribution in [0.1, 0.15) is 5.56 Å². The van der Waals surface area contributed by atoms with Crippen molar-refractivity contribution in [2.24, 2.45) is 5.84 Å². The second-order valence-electron chi connectivity index (χ2n) is 2.23. The summed E-state index contributed by atoms with van der Waals surface area (Å²) in [5, 5.41) is 0. The first-order valence-electron chi connectivity index (χ1n) is 3.43. The molecule has 0 aliphatic heterocycles. The summed E-state index contributed by atoms with van der Waals surface area (Å²) in [6.07, 6.45) is 2.06. The Bertz CT molecular complexity index is 225. The summed E-state index contributed by atoms with van der Waals surface area (Å²) in [5.41, 5.74) is 3.85. The van der Waals surface area contributed by atoms with Crippen molar-refractivity contribution in [3.63, 3.8) is 0 Å². The summed E-state index contributed by atoms with van der Waals surface area (Å²) in [6.45, 7) is 0.731. The number of thioether (sulfide) groups is 1. The van der Waals surface area contributed by atoms with Gasteiger partial charge >= 0.3 is 0 Å². The van der Waals surface area contributed by atoms with Crippen LogP contribution in [0, 0.1) is 0 Å². The lowest BCUT2D eigenvalue weighted by atomic mass is 10.2. The molecule has 1 rings (SSSR count). The highest BCUT2D eigenvalue weighted by Crippen LogP contribution is 2.15. The summed E-state index contributed by atoms with van der Waals surface area (Å²) in [6, 6.07) is 8.31. The third-order valence-electron chi connectivity index (χ3n) is 1.44. The number of benzene rings is 1. The maximum absolute atomic E-state index is 5.20. The highest BCUT2D eigenvalue weighted by Gasteiger charge is 1.92. The molecule has 60 valence electrons. The highest BCUT2D eigenvalue weighted by atomic mass is 32.2. The molecule has 0 unspecified atom stereocenters. The summed E-state index contributed by atoms with van der Waals surface area (Å²) in [5.74, 6) is 5.20. The van der Waals surface area contributed by atoms with E-state index < -0.39 is 0 Å². The fraction of sp³-hybridized carbons (Fsp3) is 0.250. The van der Waals surface area contributed by atoms with E-state index in [4.69, 9.17) is 5.84 Å². The molecule has 0 saturated heterocycles. The molecule has 0 bridgehead atoms. The molecular formula is C8H12N2S. The van der Waals surface area contributed by atoms with Crippen molar-refractivity contribution in [2.75, 3.05) is 6.26 Å². The van der Waals surface area contributed by atoms with Gasteiger partial charge in [0.1, 0.15) is 0 Å². The summed E-state index contributed by atoms with van der Waals surface area (Å²) in [4.78, 5) is 1.28. The summed E-state index contributed by atoms with van der Waals surface area (Å²) >= 11 is 1.74. The Morgan fingerprint density at radius 2 is 2.36 bits per heavy atom. The lowest BCUT2D eigenvalue weighted by molar-refractivity contribution is 0.740. The molecule has 0 aliphatic carbocycles. The van der Waals surface area contributed by atoms with Gasteiger partial charge in [-0.05, 0) is 24.0 Å². The molecular weight excluding hydrogens is 156 g/mol. The molecule has 0 saturated carbocycles. The van der Waals surface area contributed by atoms with Crippen LogP contribution in [-0.2, 0) is 6.54 Å². The number of nitrogens with two attached hydrogens (primary N) is 1. The van der Waals surface area contributed by atoms with Gasteiger partial charge in [0, 0.05) is 11.4 Å². The van der Waals surface area contributed by atoms with Crippen molar-refractivity contribution in [2.45, 2.75) is 11.4 Å². The molecule has 11 heavy (non-hydrogen) atoms. The van der Waals surface area contributed by atoms with Crippen molar-refractivity contribution in [3.05, 3.63) is 29.8 Å². The third kappa shape index (κ3) is 2.54. The number of hydrogen-bond acceptors (Lipinski definition) is 3. The normalized spacial score (nSPS) is 10.0. The zero-order chi connectivity index (χ0) is 8.10. The van der Waals surface area contributed by atoms with E-state index in [0.717, 1.165) is 6.54 Å². The van der Waals surface area contributed by atoms with Crippen LogP contribution in [0.5, 0.6) is 0 Å². The fourth-order valence-electron chi connectivity index (χ4n) is 0.900. The van der Waals surface area contributed by atoms with Gasteiger partial charge in [-0.15, -0.1) is 11.8 Å². The van der Waals surface area contributed by atoms with Crippen molar-refractivity contribution >= 4 is 11.8 Å². The SMILES string of the molecule is CSc1cccc(CNN)c1. The standard InChI is InChI=1S/C8H12N2S/c1-11-8-4-2-3-7(5-8)6-10-9/h2-5,10H,6,9H2,1H3. The van der Waals surface area contributed by atoms with E-state index in [9.17, 15) is 0 Å². The van der Waals surface area contributed by atoms with Gasteiger partial charge in [-0.25, -0.2) is 0 Å². The van der Waals surface area contributed by atoms with E-state index in [2.05, 4.69) is 29.9 Å². The van der Waals surface area contributed by atoms with E-state index in [1.165, 1.54) is 10.5 Å². The van der Waals surface area contributed by atoms with Gasteiger partial charge < -0.3 is 0 Å². The van der Waals surface area contributed by atoms with E-state index in [0.29, 0.717) is 0 Å². The Morgan fingerprint density at radius 1 is 1.55 bits per heavy atom. The highest BCUT2D eigenvalue weighted by molar-refractivity contribution is 7.98. The minimum absolute atomic E-state index is 0.731. The van der Waals surface area contributed by atoms with Crippen LogP contribution in [0.25, 0.3) is 0 Å². The van der Waals surface area contributed by atoms with Crippen molar-refractivity contribution in [3.8, 4) is 0 Å². The van der Waals surface area contributed by atoms with Crippen LogP contribution in [0.2, 0.25) is 0 Å². The monoisotopic (exact) mass is 168 g/mol. The first-order chi connectivity index (χ1) is 5.36. The average molecular weight is 168 g/mol. The Balaban J connectivity index is 2.74. The maximum Gasteiger partial charge on any atom is 0.0349 e. The first kappa shape index (κ1) is 8.59. The fourth-order valence-corrected chi connectivity index (χ4v) is 1.38. The molecule has 2 nitrogen and oxygen atoms in total. The van der Waals surface area contributed by atoms with Crippen molar-refractivity contribution < 1.29 is 0 Å². The molecule has 3 heteroatoms. The lowest BCUT2D eigenvalue weighted by Gasteiger charge is -2.01. The third-order valence-corrected chi connectivity index (χ3v) is 2.17. The molecule has 0 aromatic heterocycles. The Morgan fingerprint density at radius 3 is 3.00 bits per heavy atom. The lowest BCUT2D eigenvalue weighted by Crippen LogP contribution is -2.20. The second kappa shape index (κ2) is 4.38. The predicted octanol–water partition coefficient (Wildman–Crippen LogP) is 1.37. The Hall–Kier alpha value is -0.510. The minimum atomic E-state index is 0.731. The van der Waals surface area contributed by atoms with Crippen LogP contribution in [-0.4, -0.2) is 6.26 Å². The maximum atomic E-state index is 5.20. The second-order valence-corrected chi connectivity index (χ2v) is 3.11. The van der Waals surface area contributed by atoms with Crippen LogP contribution in [0.4, 0.5) is 0 Å². The molecule has 0 fully saturated rings. The largest absolute Gasteiger partial charge is 0.271 e. The molecule has 3 N–H and O–H groups in total. The van der Waals surface area contributed by atoms with E-state index in [-0.39, 0.29) is 0 Å². The molecule has 0 aliphatic rings. The van der Waals surface area contributed by atoms with Crippen LogP contribution >= 0.6 is 11.8 Å². The van der Waals surface area contributed by atoms with Crippen LogP contribution < -0.4 is 11.3 Å². The molecule has 0 heterocycles. The molecule has 0 atom stereocenters. The molecule has 1 aromatic carbocycles. The number of hydrogen-bond donors (Lipinski definition) is 2. The van der Waals surface area contributed by atoms with E-state index >= 15 is 0 Å². The van der Waals surface area contributed by atoms with Gasteiger partial charge in [0.05, 0.1) is 0 Å². The smallest absolute Gasteiger partial charge is 0.0349 e. The van der Waals surface area contributed by atoms with E-state index in [1.807, 2.05) is 6.07 Å². The summed E-state index contributed by atoms with van der Waals surface area (Å²) in [7, 11) is 0. The number of nitrogens with one attached hydrogen (secondary N) is 1. The van der Waals surface area contributed by atoms with Crippen LogP contribution in [0.3, 0.4) is 0 Å². The quantitative estimate of drug-likeness (QED) is 0.407. The zero-order valence-corrected chi connectivity index (χ0v) is 7.32. The van der Waals surface area contributed by atoms with Crippen LogP contribution in [0.15, 0.2) is 29.2 Å². The minimum Gasteiger partial charge on any atom is -0.271 e. The van der Waals surface area contributed by atoms with Gasteiger partial charge in [-0.2, -0.15) is 0 Å². The van der Waals surface area contributed by atoms with Gasteiger partial charge in [0.2, 0.25) is 0 Å². The topological polar surface area (TPSA) is 38.0 Å². The number of rotatable bonds is 3. The summed E-state index contributed by atoms with van der Waals surface area (Å²) < 4.78 is 0. The Labute approximate surface area is 71.1 Å². The molecule has 0 amide bonds. The van der Waals surface area contributed by atoms with Gasteiger partial charge in [0.25, 0.3) is 0 Å². The molecule has 1 aromatic rings. The van der Waals surface area contributed by atoms with Gasteiger partial charge in [-0.1, -0.05) is 12.1 Å².